The molecule has 0 unspecified atom stereocenters. The van der Waals surface area contributed by atoms with E-state index in [2.05, 4.69) is 5.32 Å². The number of carbonyl (C=O) groups excluding carboxylic acids is 1. The SMILES string of the molecule is CCN(CC(=O)Nc1cc(Cl)cc(Cl)c1)S(=O)(=O)c1ccc(Cl)cc1. The van der Waals surface area contributed by atoms with Crippen LogP contribution < -0.4 is 5.32 Å². The van der Waals surface area contributed by atoms with E-state index >= 15 is 0 Å². The van der Waals surface area contributed by atoms with Crippen LogP contribution in [0.2, 0.25) is 15.1 Å². The van der Waals surface area contributed by atoms with Crippen LogP contribution in [0.25, 0.3) is 0 Å². The lowest BCUT2D eigenvalue weighted by Gasteiger charge is -2.20. The minimum absolute atomic E-state index is 0.0670. The van der Waals surface area contributed by atoms with Crippen LogP contribution in [0.5, 0.6) is 0 Å². The Bertz CT molecular complexity index is 850. The Morgan fingerprint density at radius 2 is 1.56 bits per heavy atom. The number of nitrogens with one attached hydrogen (secondary N) is 1. The highest BCUT2D eigenvalue weighted by Gasteiger charge is 2.25. The normalized spacial score (nSPS) is 11.6. The number of carbonyl (C=O) groups is 1. The molecule has 0 saturated carbocycles. The Kier molecular flexibility index (Phi) is 6.71. The van der Waals surface area contributed by atoms with Crippen molar-refractivity contribution < 1.29 is 13.2 Å². The van der Waals surface area contributed by atoms with Gasteiger partial charge in [0.15, 0.2) is 0 Å². The van der Waals surface area contributed by atoms with Gasteiger partial charge in [-0.05, 0) is 42.5 Å². The van der Waals surface area contributed by atoms with Gasteiger partial charge >= 0.3 is 0 Å². The topological polar surface area (TPSA) is 66.5 Å². The number of halogens is 3. The van der Waals surface area contributed by atoms with Crippen LogP contribution >= 0.6 is 34.8 Å². The van der Waals surface area contributed by atoms with E-state index in [9.17, 15) is 13.2 Å². The third-order valence-electron chi connectivity index (χ3n) is 3.27. The van der Waals surface area contributed by atoms with Crippen LogP contribution in [0, 0.1) is 0 Å². The van der Waals surface area contributed by atoms with Crippen LogP contribution in [0.1, 0.15) is 6.92 Å². The molecule has 0 heterocycles. The summed E-state index contributed by atoms with van der Waals surface area (Å²) < 4.78 is 26.3. The van der Waals surface area contributed by atoms with Gasteiger partial charge in [-0.25, -0.2) is 8.42 Å². The summed E-state index contributed by atoms with van der Waals surface area (Å²) in [5.41, 5.74) is 0.391. The van der Waals surface area contributed by atoms with Gasteiger partial charge in [-0.2, -0.15) is 4.31 Å². The first-order chi connectivity index (χ1) is 11.7. The highest BCUT2D eigenvalue weighted by molar-refractivity contribution is 7.89. The average Bonchev–Trinajstić information content (AvgIpc) is 2.51. The summed E-state index contributed by atoms with van der Waals surface area (Å²) in [5, 5.41) is 3.74. The molecule has 1 amide bonds. The van der Waals surface area contributed by atoms with Crippen LogP contribution in [-0.4, -0.2) is 31.7 Å². The summed E-state index contributed by atoms with van der Waals surface area (Å²) in [6, 6.07) is 10.3. The first kappa shape index (κ1) is 20.0. The molecule has 0 saturated heterocycles. The number of rotatable bonds is 6. The van der Waals surface area contributed by atoms with Crippen LogP contribution in [0.4, 0.5) is 5.69 Å². The van der Waals surface area contributed by atoms with Gasteiger partial charge in [0.1, 0.15) is 0 Å². The summed E-state index contributed by atoms with van der Waals surface area (Å²) >= 11 is 17.5. The average molecular weight is 422 g/mol. The van der Waals surface area contributed by atoms with E-state index in [0.29, 0.717) is 20.8 Å². The molecule has 0 aromatic heterocycles. The van der Waals surface area contributed by atoms with Crippen molar-refractivity contribution in [3.8, 4) is 0 Å². The number of hydrogen-bond acceptors (Lipinski definition) is 3. The third kappa shape index (κ3) is 5.33. The number of nitrogens with zero attached hydrogens (tertiary/aromatic N) is 1. The zero-order valence-corrected chi connectivity index (χ0v) is 16.3. The van der Waals surface area contributed by atoms with Gasteiger partial charge < -0.3 is 5.32 Å². The minimum Gasteiger partial charge on any atom is -0.325 e. The van der Waals surface area contributed by atoms with E-state index in [1.807, 2.05) is 0 Å². The maximum Gasteiger partial charge on any atom is 0.243 e. The molecule has 9 heteroatoms. The van der Waals surface area contributed by atoms with E-state index in [1.54, 1.807) is 6.92 Å². The van der Waals surface area contributed by atoms with Gasteiger partial charge in [-0.3, -0.25) is 4.79 Å². The fourth-order valence-corrected chi connectivity index (χ4v) is 4.17. The summed E-state index contributed by atoms with van der Waals surface area (Å²) in [7, 11) is -3.81. The molecule has 0 bridgehead atoms. The standard InChI is InChI=1S/C16H15Cl3N2O3S/c1-2-21(25(23,24)15-5-3-11(17)4-6-15)10-16(22)20-14-8-12(18)7-13(19)9-14/h3-9H,2,10H2,1H3,(H,20,22). The first-order valence-corrected chi connectivity index (χ1v) is 9.81. The van der Waals surface area contributed by atoms with Gasteiger partial charge in [-0.15, -0.1) is 0 Å². The van der Waals surface area contributed by atoms with Crippen molar-refractivity contribution in [2.45, 2.75) is 11.8 Å². The lowest BCUT2D eigenvalue weighted by molar-refractivity contribution is -0.116. The molecule has 0 radical (unpaired) electrons. The molecule has 0 aliphatic carbocycles. The summed E-state index contributed by atoms with van der Waals surface area (Å²) in [5.74, 6) is -0.502. The molecule has 2 aromatic rings. The summed E-state index contributed by atoms with van der Waals surface area (Å²) in [6.45, 7) is 1.44. The second-order valence-electron chi connectivity index (χ2n) is 5.09. The first-order valence-electron chi connectivity index (χ1n) is 7.24. The van der Waals surface area contributed by atoms with Crippen molar-refractivity contribution in [3.05, 3.63) is 57.5 Å². The summed E-state index contributed by atoms with van der Waals surface area (Å²) in [4.78, 5) is 12.3. The number of hydrogen-bond donors (Lipinski definition) is 1. The van der Waals surface area contributed by atoms with Crippen molar-refractivity contribution in [1.82, 2.24) is 4.31 Å². The molecular weight excluding hydrogens is 407 g/mol. The Labute approximate surface area is 161 Å². The second kappa shape index (κ2) is 8.38. The van der Waals surface area contributed by atoms with Gasteiger partial charge in [0.2, 0.25) is 15.9 Å². The predicted octanol–water partition coefficient (Wildman–Crippen LogP) is 4.30. The molecule has 2 rings (SSSR count). The molecule has 5 nitrogen and oxygen atoms in total. The molecule has 0 fully saturated rings. The molecule has 134 valence electrons. The van der Waals surface area contributed by atoms with Crippen molar-refractivity contribution >= 4 is 56.4 Å². The third-order valence-corrected chi connectivity index (χ3v) is 5.89. The Morgan fingerprint density at radius 3 is 2.08 bits per heavy atom. The predicted molar refractivity (Wildman–Crippen MR) is 101 cm³/mol. The van der Waals surface area contributed by atoms with E-state index in [0.717, 1.165) is 4.31 Å². The van der Waals surface area contributed by atoms with E-state index < -0.39 is 15.9 Å². The lowest BCUT2D eigenvalue weighted by Crippen LogP contribution is -2.37. The van der Waals surface area contributed by atoms with Gasteiger partial charge in [-0.1, -0.05) is 41.7 Å². The molecule has 0 aliphatic heterocycles. The Hall–Kier alpha value is -1.31. The number of sulfonamides is 1. The number of anilines is 1. The van der Waals surface area contributed by atoms with Gasteiger partial charge in [0.25, 0.3) is 0 Å². The molecule has 1 N–H and O–H groups in total. The fraction of sp³-hybridized carbons (Fsp3) is 0.188. The van der Waals surface area contributed by atoms with Gasteiger partial charge in [0, 0.05) is 27.3 Å². The van der Waals surface area contributed by atoms with Crippen molar-refractivity contribution in [2.24, 2.45) is 0 Å². The summed E-state index contributed by atoms with van der Waals surface area (Å²) in [6.07, 6.45) is 0. The number of likely N-dealkylation sites (N-methyl/N-ethyl adjacent to an activating group) is 1. The lowest BCUT2D eigenvalue weighted by atomic mass is 10.3. The van der Waals surface area contributed by atoms with Crippen LogP contribution in [0.15, 0.2) is 47.4 Å². The minimum atomic E-state index is -3.81. The Morgan fingerprint density at radius 1 is 1.00 bits per heavy atom. The number of amides is 1. The fourth-order valence-electron chi connectivity index (χ4n) is 2.11. The molecular formula is C16H15Cl3N2O3S. The van der Waals surface area contributed by atoms with Crippen molar-refractivity contribution in [3.63, 3.8) is 0 Å². The molecule has 2 aromatic carbocycles. The molecule has 25 heavy (non-hydrogen) atoms. The quantitative estimate of drug-likeness (QED) is 0.756. The largest absolute Gasteiger partial charge is 0.325 e. The smallest absolute Gasteiger partial charge is 0.243 e. The maximum atomic E-state index is 12.6. The van der Waals surface area contributed by atoms with E-state index in [1.165, 1.54) is 42.5 Å². The van der Waals surface area contributed by atoms with Crippen LogP contribution in [-0.2, 0) is 14.8 Å². The maximum absolute atomic E-state index is 12.6. The number of benzene rings is 2. The highest BCUT2D eigenvalue weighted by Crippen LogP contribution is 2.23. The monoisotopic (exact) mass is 420 g/mol. The van der Waals surface area contributed by atoms with E-state index in [-0.39, 0.29) is 18.0 Å². The Balaban J connectivity index is 2.15. The second-order valence-corrected chi connectivity index (χ2v) is 8.34. The molecule has 0 aliphatic rings. The molecule has 0 atom stereocenters. The van der Waals surface area contributed by atoms with Gasteiger partial charge in [0.05, 0.1) is 11.4 Å². The van der Waals surface area contributed by atoms with Crippen LogP contribution in [0.3, 0.4) is 0 Å². The van der Waals surface area contributed by atoms with E-state index in [4.69, 9.17) is 34.8 Å². The molecule has 0 spiro atoms. The van der Waals surface area contributed by atoms with Crippen molar-refractivity contribution in [1.29, 1.82) is 0 Å². The van der Waals surface area contributed by atoms with Crippen molar-refractivity contribution in [2.75, 3.05) is 18.4 Å². The highest BCUT2D eigenvalue weighted by atomic mass is 35.5. The zero-order valence-electron chi connectivity index (χ0n) is 13.2. The zero-order chi connectivity index (χ0) is 18.6.